The Hall–Kier alpha value is -1.52. The maximum absolute atomic E-state index is 6.19. The fourth-order valence-electron chi connectivity index (χ4n) is 2.39. The molecule has 0 amide bonds. The molecule has 1 aromatic carbocycles. The van der Waals surface area contributed by atoms with Crippen LogP contribution in [0.3, 0.4) is 0 Å². The van der Waals surface area contributed by atoms with Gasteiger partial charge in [-0.1, -0.05) is 44.5 Å². The van der Waals surface area contributed by atoms with E-state index in [1.165, 1.54) is 11.1 Å². The summed E-state index contributed by atoms with van der Waals surface area (Å²) in [4.78, 5) is 0. The summed E-state index contributed by atoms with van der Waals surface area (Å²) in [6.45, 7) is 7.38. The lowest BCUT2D eigenvalue weighted by Crippen LogP contribution is -2.47. The molecule has 1 aliphatic heterocycles. The third kappa shape index (κ3) is 2.74. The maximum Gasteiger partial charge on any atom is 0.0806 e. The molecule has 0 aliphatic carbocycles. The molecular formula is C15H24N4. The first-order valence-electron chi connectivity index (χ1n) is 7.07. The smallest absolute Gasteiger partial charge is 0.0806 e. The van der Waals surface area contributed by atoms with Crippen molar-refractivity contribution in [3.63, 3.8) is 0 Å². The molecule has 1 heterocycles. The fourth-order valence-corrected chi connectivity index (χ4v) is 2.39. The normalized spacial score (nSPS) is 16.1. The number of hydrogen-bond donors (Lipinski definition) is 2. The summed E-state index contributed by atoms with van der Waals surface area (Å²) < 4.78 is 0. The van der Waals surface area contributed by atoms with Crippen molar-refractivity contribution >= 4 is 5.70 Å². The Balaban J connectivity index is 2.28. The van der Waals surface area contributed by atoms with Crippen molar-refractivity contribution in [1.29, 1.82) is 0 Å². The Morgan fingerprint density at radius 2 is 1.95 bits per heavy atom. The van der Waals surface area contributed by atoms with Gasteiger partial charge in [-0.05, 0) is 25.3 Å². The minimum Gasteiger partial charge on any atom is -0.298 e. The molecule has 0 saturated carbocycles. The van der Waals surface area contributed by atoms with E-state index in [-0.39, 0.29) is 0 Å². The molecular weight excluding hydrogens is 236 g/mol. The third-order valence-corrected chi connectivity index (χ3v) is 3.54. The molecule has 4 heteroatoms. The van der Waals surface area contributed by atoms with Crippen molar-refractivity contribution in [3.8, 4) is 0 Å². The maximum atomic E-state index is 6.19. The van der Waals surface area contributed by atoms with Crippen molar-refractivity contribution in [3.05, 3.63) is 41.1 Å². The number of hydrogen-bond acceptors (Lipinski definition) is 4. The predicted octanol–water partition coefficient (Wildman–Crippen LogP) is 2.78. The van der Waals surface area contributed by atoms with E-state index in [0.29, 0.717) is 0 Å². The van der Waals surface area contributed by atoms with E-state index in [1.807, 2.05) is 5.12 Å². The quantitative estimate of drug-likeness (QED) is 0.799. The number of unbranched alkanes of at least 4 members (excludes halogenated alkanes) is 1. The van der Waals surface area contributed by atoms with Gasteiger partial charge in [0.2, 0.25) is 0 Å². The second-order valence-electron chi connectivity index (χ2n) is 4.92. The van der Waals surface area contributed by atoms with Crippen LogP contribution < -0.4 is 11.3 Å². The van der Waals surface area contributed by atoms with Crippen molar-refractivity contribution in [2.45, 2.75) is 40.0 Å². The molecule has 0 fully saturated rings. The molecule has 0 bridgehead atoms. The van der Waals surface area contributed by atoms with Crippen LogP contribution in [0.4, 0.5) is 0 Å². The highest BCUT2D eigenvalue weighted by Crippen LogP contribution is 2.28. The van der Waals surface area contributed by atoms with Gasteiger partial charge in [0.15, 0.2) is 0 Å². The van der Waals surface area contributed by atoms with Gasteiger partial charge in [-0.3, -0.25) is 5.43 Å². The SMILES string of the molecule is CCCCN1NC(c2ccccc2C)=C(CC)N1N. The first kappa shape index (κ1) is 13.9. The van der Waals surface area contributed by atoms with Gasteiger partial charge in [0, 0.05) is 12.1 Å². The van der Waals surface area contributed by atoms with E-state index in [4.69, 9.17) is 5.84 Å². The topological polar surface area (TPSA) is 44.5 Å². The highest BCUT2D eigenvalue weighted by molar-refractivity contribution is 5.69. The lowest BCUT2D eigenvalue weighted by molar-refractivity contribution is -0.00587. The van der Waals surface area contributed by atoms with Crippen molar-refractivity contribution in [2.75, 3.05) is 6.54 Å². The van der Waals surface area contributed by atoms with Gasteiger partial charge in [-0.2, -0.15) is 0 Å². The van der Waals surface area contributed by atoms with Gasteiger partial charge >= 0.3 is 0 Å². The van der Waals surface area contributed by atoms with Crippen molar-refractivity contribution in [1.82, 2.24) is 15.7 Å². The average molecular weight is 260 g/mol. The zero-order valence-corrected chi connectivity index (χ0v) is 12.1. The second-order valence-corrected chi connectivity index (χ2v) is 4.92. The standard InChI is InChI=1S/C15H24N4/c1-4-6-11-18-17-15(14(5-2)19(18)16)13-10-8-7-9-12(13)3/h7-10,17H,4-6,11,16H2,1-3H3. The number of aryl methyl sites for hydroxylation is 1. The zero-order chi connectivity index (χ0) is 13.8. The number of nitrogens with zero attached hydrogens (tertiary/aromatic N) is 2. The number of rotatable bonds is 5. The Bertz CT molecular complexity index is 467. The number of allylic oxidation sites excluding steroid dienone is 1. The van der Waals surface area contributed by atoms with Gasteiger partial charge in [-0.25, -0.2) is 11.0 Å². The minimum absolute atomic E-state index is 0.912. The molecule has 0 spiro atoms. The van der Waals surface area contributed by atoms with Crippen LogP contribution in [0.25, 0.3) is 5.70 Å². The van der Waals surface area contributed by atoms with Crippen LogP contribution in [-0.4, -0.2) is 16.8 Å². The summed E-state index contributed by atoms with van der Waals surface area (Å²) in [5.41, 5.74) is 8.23. The summed E-state index contributed by atoms with van der Waals surface area (Å²) >= 11 is 0. The molecule has 0 saturated heterocycles. The van der Waals surface area contributed by atoms with Crippen LogP contribution in [-0.2, 0) is 0 Å². The van der Waals surface area contributed by atoms with Gasteiger partial charge in [0.25, 0.3) is 0 Å². The van der Waals surface area contributed by atoms with Gasteiger partial charge in [0.05, 0.1) is 11.4 Å². The van der Waals surface area contributed by atoms with E-state index < -0.39 is 0 Å². The number of nitrogens with two attached hydrogens (primary N) is 1. The van der Waals surface area contributed by atoms with Crippen LogP contribution in [0.15, 0.2) is 30.0 Å². The monoisotopic (exact) mass is 260 g/mol. The highest BCUT2D eigenvalue weighted by atomic mass is 15.9. The van der Waals surface area contributed by atoms with Gasteiger partial charge < -0.3 is 0 Å². The largest absolute Gasteiger partial charge is 0.298 e. The lowest BCUT2D eigenvalue weighted by Gasteiger charge is -2.26. The Morgan fingerprint density at radius 1 is 1.21 bits per heavy atom. The number of hydrazine groups is 3. The Labute approximate surface area is 115 Å². The molecule has 3 N–H and O–H groups in total. The molecule has 2 rings (SSSR count). The summed E-state index contributed by atoms with van der Waals surface area (Å²) in [6, 6.07) is 8.41. The average Bonchev–Trinajstić information content (AvgIpc) is 2.73. The summed E-state index contributed by atoms with van der Waals surface area (Å²) in [7, 11) is 0. The van der Waals surface area contributed by atoms with E-state index in [1.54, 1.807) is 5.12 Å². The lowest BCUT2D eigenvalue weighted by atomic mass is 10.0. The zero-order valence-electron chi connectivity index (χ0n) is 12.1. The van der Waals surface area contributed by atoms with Crippen LogP contribution in [0.5, 0.6) is 0 Å². The van der Waals surface area contributed by atoms with Crippen molar-refractivity contribution in [2.24, 2.45) is 5.84 Å². The Morgan fingerprint density at radius 3 is 2.58 bits per heavy atom. The molecule has 1 aromatic rings. The van der Waals surface area contributed by atoms with Crippen LogP contribution in [0, 0.1) is 6.92 Å². The predicted molar refractivity (Wildman–Crippen MR) is 79.2 cm³/mol. The van der Waals surface area contributed by atoms with Gasteiger partial charge in [0.1, 0.15) is 0 Å². The summed E-state index contributed by atoms with van der Waals surface area (Å²) in [5.74, 6) is 6.19. The molecule has 0 unspecified atom stereocenters. The summed E-state index contributed by atoms with van der Waals surface area (Å²) in [5, 5.41) is 3.77. The number of benzene rings is 1. The molecule has 0 radical (unpaired) electrons. The van der Waals surface area contributed by atoms with Gasteiger partial charge in [-0.15, -0.1) is 5.12 Å². The number of nitrogens with one attached hydrogen (secondary N) is 1. The first-order valence-corrected chi connectivity index (χ1v) is 7.07. The molecule has 0 atom stereocenters. The molecule has 104 valence electrons. The van der Waals surface area contributed by atoms with E-state index in [9.17, 15) is 0 Å². The Kier molecular flexibility index (Phi) is 4.45. The summed E-state index contributed by atoms with van der Waals surface area (Å²) in [6.07, 6.45) is 3.20. The van der Waals surface area contributed by atoms with Crippen molar-refractivity contribution < 1.29 is 0 Å². The second kappa shape index (κ2) is 6.08. The molecule has 19 heavy (non-hydrogen) atoms. The molecule has 1 aliphatic rings. The van der Waals surface area contributed by atoms with E-state index in [0.717, 1.165) is 37.2 Å². The minimum atomic E-state index is 0.912. The molecule has 0 aromatic heterocycles. The molecule has 4 nitrogen and oxygen atoms in total. The van der Waals surface area contributed by atoms with E-state index in [2.05, 4.69) is 50.5 Å². The first-order chi connectivity index (χ1) is 9.19. The van der Waals surface area contributed by atoms with Crippen LogP contribution >= 0.6 is 0 Å². The fraction of sp³-hybridized carbons (Fsp3) is 0.467. The van der Waals surface area contributed by atoms with Crippen LogP contribution in [0.2, 0.25) is 0 Å². The highest BCUT2D eigenvalue weighted by Gasteiger charge is 2.27. The van der Waals surface area contributed by atoms with Crippen LogP contribution in [0.1, 0.15) is 44.2 Å². The van der Waals surface area contributed by atoms with E-state index >= 15 is 0 Å². The third-order valence-electron chi connectivity index (χ3n) is 3.54.